The van der Waals surface area contributed by atoms with Crippen LogP contribution in [0.15, 0.2) is 35.4 Å². The summed E-state index contributed by atoms with van der Waals surface area (Å²) in [6.07, 6.45) is 10.4. The molecule has 0 saturated heterocycles. The molecule has 5 nitrogen and oxygen atoms in total. The molecule has 2 heterocycles. The lowest BCUT2D eigenvalue weighted by Crippen LogP contribution is -2.02. The Balaban J connectivity index is 2.49. The Kier molecular flexibility index (Phi) is 7.07. The summed E-state index contributed by atoms with van der Waals surface area (Å²) in [5, 5.41) is 11.8. The molecular formula is C21H24N2O3S. The van der Waals surface area contributed by atoms with E-state index in [1.807, 2.05) is 44.5 Å². The molecule has 0 aliphatic heterocycles. The van der Waals surface area contributed by atoms with E-state index in [4.69, 9.17) is 0 Å². The zero-order valence-electron chi connectivity index (χ0n) is 16.0. The summed E-state index contributed by atoms with van der Waals surface area (Å²) in [7, 11) is 0. The SMILES string of the molecule is C/C=C\c1c(-c2csc(/C(=C/C(=C\CCC)C(=O)O)C(C)=O)n2)c[nH]c1C. The average Bonchev–Trinajstić information content (AvgIpc) is 3.22. The van der Waals surface area contributed by atoms with Crippen molar-refractivity contribution in [1.82, 2.24) is 9.97 Å². The predicted molar refractivity (Wildman–Crippen MR) is 111 cm³/mol. The molecule has 2 N–H and O–H groups in total. The quantitative estimate of drug-likeness (QED) is 0.480. The molecular weight excluding hydrogens is 360 g/mol. The van der Waals surface area contributed by atoms with Gasteiger partial charge in [-0.25, -0.2) is 9.78 Å². The third-order valence-corrected chi connectivity index (χ3v) is 4.93. The van der Waals surface area contributed by atoms with Gasteiger partial charge in [-0.15, -0.1) is 11.3 Å². The lowest BCUT2D eigenvalue weighted by atomic mass is 10.1. The van der Waals surface area contributed by atoms with Gasteiger partial charge in [0.1, 0.15) is 5.01 Å². The first-order valence-electron chi connectivity index (χ1n) is 8.82. The number of carbonyl (C=O) groups excluding carboxylic acids is 1. The molecule has 0 bridgehead atoms. The Morgan fingerprint density at radius 2 is 2.11 bits per heavy atom. The molecule has 0 aliphatic rings. The molecule has 0 fully saturated rings. The number of thiazole rings is 1. The van der Waals surface area contributed by atoms with Crippen LogP contribution in [-0.4, -0.2) is 26.8 Å². The summed E-state index contributed by atoms with van der Waals surface area (Å²) >= 11 is 1.34. The fraction of sp³-hybridized carbons (Fsp3) is 0.286. The van der Waals surface area contributed by atoms with Gasteiger partial charge in [0, 0.05) is 28.4 Å². The van der Waals surface area contributed by atoms with Gasteiger partial charge in [0.15, 0.2) is 5.78 Å². The molecule has 2 rings (SSSR count). The third kappa shape index (κ3) is 4.92. The summed E-state index contributed by atoms with van der Waals surface area (Å²) in [6.45, 7) is 7.35. The molecule has 142 valence electrons. The van der Waals surface area contributed by atoms with Gasteiger partial charge in [0.05, 0.1) is 16.8 Å². The number of H-pyrrole nitrogens is 1. The fourth-order valence-electron chi connectivity index (χ4n) is 2.63. The number of rotatable bonds is 8. The number of aromatic nitrogens is 2. The molecule has 0 unspecified atom stereocenters. The Morgan fingerprint density at radius 3 is 2.70 bits per heavy atom. The van der Waals surface area contributed by atoms with Crippen LogP contribution in [0.2, 0.25) is 0 Å². The number of allylic oxidation sites excluding steroid dienone is 3. The van der Waals surface area contributed by atoms with Gasteiger partial charge in [-0.05, 0) is 33.3 Å². The smallest absolute Gasteiger partial charge is 0.335 e. The van der Waals surface area contributed by atoms with Gasteiger partial charge < -0.3 is 10.1 Å². The molecule has 0 saturated carbocycles. The first kappa shape index (κ1) is 20.6. The zero-order valence-corrected chi connectivity index (χ0v) is 16.8. The first-order valence-corrected chi connectivity index (χ1v) is 9.70. The number of nitrogens with one attached hydrogen (secondary N) is 1. The predicted octanol–water partition coefficient (Wildman–Crippen LogP) is 5.26. The van der Waals surface area contributed by atoms with Crippen molar-refractivity contribution in [2.24, 2.45) is 0 Å². The Bertz CT molecular complexity index is 929. The van der Waals surface area contributed by atoms with Crippen LogP contribution in [0, 0.1) is 6.92 Å². The van der Waals surface area contributed by atoms with Crippen molar-refractivity contribution in [3.63, 3.8) is 0 Å². The molecule has 6 heteroatoms. The Labute approximate surface area is 163 Å². The second kappa shape index (κ2) is 9.28. The maximum absolute atomic E-state index is 12.2. The van der Waals surface area contributed by atoms with Crippen molar-refractivity contribution >= 4 is 34.7 Å². The summed E-state index contributed by atoms with van der Waals surface area (Å²) < 4.78 is 0. The number of nitrogens with zero attached hydrogens (tertiary/aromatic N) is 1. The number of carboxylic acids is 1. The standard InChI is InChI=1S/C21H24N2O3S/c1-5-7-9-15(21(25)26)10-17(14(4)24)20-23-19(12-27-20)18-11-22-13(3)16(18)8-6-2/h6,8-12,22H,5,7H2,1-4H3,(H,25,26)/b8-6-,15-9+,17-10+. The van der Waals surface area contributed by atoms with Crippen molar-refractivity contribution in [3.8, 4) is 11.3 Å². The molecule has 0 atom stereocenters. The molecule has 2 aromatic rings. The van der Waals surface area contributed by atoms with Crippen LogP contribution >= 0.6 is 11.3 Å². The van der Waals surface area contributed by atoms with E-state index < -0.39 is 5.97 Å². The van der Waals surface area contributed by atoms with Crippen LogP contribution in [0.25, 0.3) is 22.9 Å². The van der Waals surface area contributed by atoms with E-state index in [1.54, 1.807) is 6.08 Å². The van der Waals surface area contributed by atoms with E-state index in [1.165, 1.54) is 24.3 Å². The van der Waals surface area contributed by atoms with Crippen molar-refractivity contribution in [2.45, 2.75) is 40.5 Å². The highest BCUT2D eigenvalue weighted by Crippen LogP contribution is 2.31. The normalized spacial score (nSPS) is 12.7. The van der Waals surface area contributed by atoms with Gasteiger partial charge in [-0.3, -0.25) is 4.79 Å². The van der Waals surface area contributed by atoms with Gasteiger partial charge in [0.25, 0.3) is 0 Å². The number of ketones is 1. The molecule has 0 aliphatic carbocycles. The first-order chi connectivity index (χ1) is 12.9. The number of hydrogen-bond acceptors (Lipinski definition) is 4. The van der Waals surface area contributed by atoms with E-state index in [-0.39, 0.29) is 11.4 Å². The monoisotopic (exact) mass is 384 g/mol. The van der Waals surface area contributed by atoms with Crippen molar-refractivity contribution in [1.29, 1.82) is 0 Å². The van der Waals surface area contributed by atoms with Crippen LogP contribution in [-0.2, 0) is 9.59 Å². The lowest BCUT2D eigenvalue weighted by molar-refractivity contribution is -0.132. The second-order valence-corrected chi connectivity index (χ2v) is 7.00. The largest absolute Gasteiger partial charge is 0.478 e. The summed E-state index contributed by atoms with van der Waals surface area (Å²) in [4.78, 5) is 31.4. The molecule has 2 aromatic heterocycles. The number of aromatic amines is 1. The van der Waals surface area contributed by atoms with Crippen LogP contribution in [0.3, 0.4) is 0 Å². The van der Waals surface area contributed by atoms with Crippen LogP contribution in [0.5, 0.6) is 0 Å². The minimum absolute atomic E-state index is 0.117. The average molecular weight is 385 g/mol. The molecule has 0 spiro atoms. The minimum Gasteiger partial charge on any atom is -0.478 e. The van der Waals surface area contributed by atoms with Crippen LogP contribution < -0.4 is 0 Å². The van der Waals surface area contributed by atoms with Gasteiger partial charge in [-0.2, -0.15) is 0 Å². The summed E-state index contributed by atoms with van der Waals surface area (Å²) in [5.41, 5.74) is 4.24. The van der Waals surface area contributed by atoms with Crippen molar-refractivity contribution < 1.29 is 14.7 Å². The van der Waals surface area contributed by atoms with E-state index in [9.17, 15) is 14.7 Å². The van der Waals surface area contributed by atoms with Gasteiger partial charge in [-0.1, -0.05) is 31.6 Å². The maximum atomic E-state index is 12.2. The highest BCUT2D eigenvalue weighted by atomic mass is 32.1. The van der Waals surface area contributed by atoms with E-state index in [0.29, 0.717) is 17.0 Å². The number of carbonyl (C=O) groups is 2. The van der Waals surface area contributed by atoms with E-state index in [0.717, 1.165) is 28.9 Å². The van der Waals surface area contributed by atoms with Crippen LogP contribution in [0.4, 0.5) is 0 Å². The highest BCUT2D eigenvalue weighted by Gasteiger charge is 2.17. The molecule has 0 amide bonds. The van der Waals surface area contributed by atoms with E-state index in [2.05, 4.69) is 9.97 Å². The second-order valence-electron chi connectivity index (χ2n) is 6.15. The molecule has 0 aromatic carbocycles. The summed E-state index contributed by atoms with van der Waals surface area (Å²) in [5.74, 6) is -1.26. The van der Waals surface area contributed by atoms with Crippen LogP contribution in [0.1, 0.15) is 49.9 Å². The number of Topliss-reactive ketones (excluding diaryl/α,β-unsaturated/α-hetero) is 1. The van der Waals surface area contributed by atoms with Gasteiger partial charge in [0.2, 0.25) is 0 Å². The Hall–Kier alpha value is -2.73. The summed E-state index contributed by atoms with van der Waals surface area (Å²) in [6, 6.07) is 0. The van der Waals surface area contributed by atoms with Gasteiger partial charge >= 0.3 is 5.97 Å². The number of hydrogen-bond donors (Lipinski definition) is 2. The third-order valence-electron chi connectivity index (χ3n) is 4.05. The number of aliphatic carboxylic acids is 1. The number of unbranched alkanes of at least 4 members (excludes halogenated alkanes) is 1. The lowest BCUT2D eigenvalue weighted by Gasteiger charge is -2.02. The minimum atomic E-state index is -1.05. The van der Waals surface area contributed by atoms with Crippen molar-refractivity contribution in [3.05, 3.63) is 51.6 Å². The number of aryl methyl sites for hydroxylation is 1. The maximum Gasteiger partial charge on any atom is 0.335 e. The Morgan fingerprint density at radius 1 is 1.37 bits per heavy atom. The zero-order chi connectivity index (χ0) is 20.0. The van der Waals surface area contributed by atoms with Crippen molar-refractivity contribution in [2.75, 3.05) is 0 Å². The fourth-order valence-corrected chi connectivity index (χ4v) is 3.51. The molecule has 0 radical (unpaired) electrons. The topological polar surface area (TPSA) is 83.0 Å². The van der Waals surface area contributed by atoms with E-state index >= 15 is 0 Å². The number of carboxylic acid groups (broad SMARTS) is 1. The molecule has 27 heavy (non-hydrogen) atoms. The highest BCUT2D eigenvalue weighted by molar-refractivity contribution is 7.11.